The molecule has 0 spiro atoms. The molecule has 0 aliphatic carbocycles. The van der Waals surface area contributed by atoms with E-state index in [2.05, 4.69) is 11.6 Å². The number of aromatic amines is 1. The highest BCUT2D eigenvalue weighted by atomic mass is 16.1. The van der Waals surface area contributed by atoms with Crippen LogP contribution in [0.5, 0.6) is 0 Å². The quantitative estimate of drug-likeness (QED) is 0.753. The van der Waals surface area contributed by atoms with E-state index >= 15 is 0 Å². The summed E-state index contributed by atoms with van der Waals surface area (Å²) in [6.07, 6.45) is 4.53. The maximum atomic E-state index is 10.5. The Morgan fingerprint density at radius 1 is 1.13 bits per heavy atom. The van der Waals surface area contributed by atoms with Gasteiger partial charge in [0.2, 0.25) is 0 Å². The molecular formula is C13H11NO. The lowest BCUT2D eigenvalue weighted by molar-refractivity contribution is 0.112. The second kappa shape index (κ2) is 3.96. The summed E-state index contributed by atoms with van der Waals surface area (Å²) in [5.74, 6) is 0. The molecule has 0 bridgehead atoms. The smallest absolute Gasteiger partial charge is 0.150 e. The molecule has 2 heteroatoms. The van der Waals surface area contributed by atoms with Crippen LogP contribution in [0.2, 0.25) is 0 Å². The number of H-pyrrole nitrogens is 1. The van der Waals surface area contributed by atoms with Gasteiger partial charge >= 0.3 is 0 Å². The Morgan fingerprint density at radius 3 is 2.40 bits per heavy atom. The molecule has 0 unspecified atom stereocenters. The van der Waals surface area contributed by atoms with E-state index in [0.717, 1.165) is 23.1 Å². The van der Waals surface area contributed by atoms with Crippen molar-refractivity contribution in [1.82, 2.24) is 4.98 Å². The Morgan fingerprint density at radius 2 is 1.87 bits per heavy atom. The number of aromatic nitrogens is 1. The Hall–Kier alpha value is -2.09. The van der Waals surface area contributed by atoms with Gasteiger partial charge in [0.15, 0.2) is 0 Å². The lowest BCUT2D eigenvalue weighted by Gasteiger charge is -1.96. The Bertz CT molecular complexity index is 479. The molecule has 0 atom stereocenters. The van der Waals surface area contributed by atoms with Gasteiger partial charge in [0.05, 0.1) is 0 Å². The van der Waals surface area contributed by atoms with Crippen LogP contribution in [-0.2, 0) is 0 Å². The van der Waals surface area contributed by atoms with E-state index < -0.39 is 0 Å². The largest absolute Gasteiger partial charge is 0.361 e. The summed E-state index contributed by atoms with van der Waals surface area (Å²) in [5.41, 5.74) is 3.87. The second-order valence-corrected chi connectivity index (χ2v) is 3.29. The van der Waals surface area contributed by atoms with Crippen molar-refractivity contribution < 1.29 is 4.79 Å². The maximum Gasteiger partial charge on any atom is 0.150 e. The monoisotopic (exact) mass is 197 g/mol. The van der Waals surface area contributed by atoms with Crippen LogP contribution in [0.25, 0.3) is 17.2 Å². The van der Waals surface area contributed by atoms with Crippen LogP contribution in [0.4, 0.5) is 0 Å². The van der Waals surface area contributed by atoms with Gasteiger partial charge in [0, 0.05) is 17.5 Å². The number of rotatable bonds is 3. The Kier molecular flexibility index (Phi) is 2.50. The van der Waals surface area contributed by atoms with Crippen LogP contribution in [0.1, 0.15) is 16.1 Å². The normalized spacial score (nSPS) is 9.87. The minimum absolute atomic E-state index is 0.693. The van der Waals surface area contributed by atoms with Crippen molar-refractivity contribution >= 4 is 12.4 Å². The van der Waals surface area contributed by atoms with E-state index in [0.29, 0.717) is 5.56 Å². The molecule has 0 aliphatic rings. The summed E-state index contributed by atoms with van der Waals surface area (Å²) in [4.78, 5) is 13.6. The van der Waals surface area contributed by atoms with Crippen molar-refractivity contribution in [3.05, 3.63) is 54.4 Å². The van der Waals surface area contributed by atoms with E-state index in [4.69, 9.17) is 0 Å². The van der Waals surface area contributed by atoms with Gasteiger partial charge in [-0.1, -0.05) is 30.8 Å². The maximum absolute atomic E-state index is 10.5. The van der Waals surface area contributed by atoms with Gasteiger partial charge in [-0.3, -0.25) is 4.79 Å². The van der Waals surface area contributed by atoms with Gasteiger partial charge < -0.3 is 4.98 Å². The zero-order chi connectivity index (χ0) is 10.7. The highest BCUT2D eigenvalue weighted by molar-refractivity contribution is 5.77. The standard InChI is InChI=1S/C13H11NO/c1-2-13-7-12(8-14-13)11-5-3-10(9-15)4-6-11/h2-9,14H,1H2. The van der Waals surface area contributed by atoms with E-state index in [1.807, 2.05) is 36.5 Å². The van der Waals surface area contributed by atoms with Crippen LogP contribution in [0, 0.1) is 0 Å². The molecule has 2 nitrogen and oxygen atoms in total. The molecule has 0 fully saturated rings. The number of hydrogen-bond donors (Lipinski definition) is 1. The number of carbonyl (C=O) groups is 1. The average Bonchev–Trinajstić information content (AvgIpc) is 2.78. The summed E-state index contributed by atoms with van der Waals surface area (Å²) < 4.78 is 0. The Balaban J connectivity index is 2.36. The van der Waals surface area contributed by atoms with Crippen LogP contribution < -0.4 is 0 Å². The molecule has 1 N–H and O–H groups in total. The van der Waals surface area contributed by atoms with Crippen LogP contribution in [-0.4, -0.2) is 11.3 Å². The molecule has 15 heavy (non-hydrogen) atoms. The van der Waals surface area contributed by atoms with Crippen molar-refractivity contribution in [1.29, 1.82) is 0 Å². The Labute approximate surface area is 88.3 Å². The van der Waals surface area contributed by atoms with E-state index in [9.17, 15) is 4.79 Å². The minimum atomic E-state index is 0.693. The molecule has 0 saturated heterocycles. The molecule has 0 saturated carbocycles. The molecule has 1 aromatic heterocycles. The molecule has 0 aliphatic heterocycles. The van der Waals surface area contributed by atoms with Crippen molar-refractivity contribution in [2.45, 2.75) is 0 Å². The first kappa shape index (κ1) is 9.46. The summed E-state index contributed by atoms with van der Waals surface area (Å²) in [5, 5.41) is 0. The lowest BCUT2D eigenvalue weighted by atomic mass is 10.1. The first-order valence-electron chi connectivity index (χ1n) is 4.70. The van der Waals surface area contributed by atoms with Gasteiger partial charge in [-0.25, -0.2) is 0 Å². The fourth-order valence-corrected chi connectivity index (χ4v) is 1.45. The molecular weight excluding hydrogens is 186 g/mol. The van der Waals surface area contributed by atoms with Crippen molar-refractivity contribution in [2.75, 3.05) is 0 Å². The number of aldehydes is 1. The zero-order valence-corrected chi connectivity index (χ0v) is 8.23. The van der Waals surface area contributed by atoms with Crippen molar-refractivity contribution in [3.63, 3.8) is 0 Å². The third-order valence-electron chi connectivity index (χ3n) is 2.31. The molecule has 1 heterocycles. The summed E-state index contributed by atoms with van der Waals surface area (Å²) in [7, 11) is 0. The third kappa shape index (κ3) is 1.89. The average molecular weight is 197 g/mol. The van der Waals surface area contributed by atoms with Gasteiger partial charge in [-0.15, -0.1) is 0 Å². The van der Waals surface area contributed by atoms with Crippen molar-refractivity contribution in [3.8, 4) is 11.1 Å². The predicted octanol–water partition coefficient (Wildman–Crippen LogP) is 3.14. The lowest BCUT2D eigenvalue weighted by Crippen LogP contribution is -1.79. The van der Waals surface area contributed by atoms with Gasteiger partial charge in [-0.05, 0) is 23.3 Å². The SMILES string of the molecule is C=Cc1cc(-c2ccc(C=O)cc2)c[nH]1. The number of hydrogen-bond acceptors (Lipinski definition) is 1. The molecule has 74 valence electrons. The summed E-state index contributed by atoms with van der Waals surface area (Å²) >= 11 is 0. The zero-order valence-electron chi connectivity index (χ0n) is 8.23. The van der Waals surface area contributed by atoms with Crippen molar-refractivity contribution in [2.24, 2.45) is 0 Å². The molecule has 0 radical (unpaired) electrons. The van der Waals surface area contributed by atoms with Gasteiger partial charge in [0.25, 0.3) is 0 Å². The first-order valence-corrected chi connectivity index (χ1v) is 4.70. The van der Waals surface area contributed by atoms with E-state index in [1.165, 1.54) is 0 Å². The van der Waals surface area contributed by atoms with E-state index in [1.54, 1.807) is 6.08 Å². The number of carbonyl (C=O) groups excluding carboxylic acids is 1. The highest BCUT2D eigenvalue weighted by Crippen LogP contribution is 2.20. The first-order chi connectivity index (χ1) is 7.33. The summed E-state index contributed by atoms with van der Waals surface area (Å²) in [6.45, 7) is 3.69. The topological polar surface area (TPSA) is 32.9 Å². The fourth-order valence-electron chi connectivity index (χ4n) is 1.45. The van der Waals surface area contributed by atoms with Gasteiger partial charge in [-0.2, -0.15) is 0 Å². The summed E-state index contributed by atoms with van der Waals surface area (Å²) in [6, 6.07) is 9.49. The highest BCUT2D eigenvalue weighted by Gasteiger charge is 1.99. The second-order valence-electron chi connectivity index (χ2n) is 3.29. The minimum Gasteiger partial charge on any atom is -0.361 e. The fraction of sp³-hybridized carbons (Fsp3) is 0. The van der Waals surface area contributed by atoms with Crippen LogP contribution in [0.15, 0.2) is 43.1 Å². The van der Waals surface area contributed by atoms with Crippen LogP contribution >= 0.6 is 0 Å². The third-order valence-corrected chi connectivity index (χ3v) is 2.31. The van der Waals surface area contributed by atoms with E-state index in [-0.39, 0.29) is 0 Å². The number of nitrogens with one attached hydrogen (secondary N) is 1. The molecule has 1 aromatic carbocycles. The predicted molar refractivity (Wildman–Crippen MR) is 61.7 cm³/mol. The van der Waals surface area contributed by atoms with Crippen LogP contribution in [0.3, 0.4) is 0 Å². The molecule has 2 rings (SSSR count). The molecule has 0 amide bonds. The molecule has 2 aromatic rings. The van der Waals surface area contributed by atoms with Gasteiger partial charge in [0.1, 0.15) is 6.29 Å². The number of benzene rings is 1.